The lowest BCUT2D eigenvalue weighted by atomic mass is 9.90. The van der Waals surface area contributed by atoms with Crippen LogP contribution in [0.1, 0.15) is 179 Å². The number of ketones is 1. The fraction of sp³-hybridized carbons (Fsp3) is 0.565. The second-order valence-corrected chi connectivity index (χ2v) is 35.8. The van der Waals surface area contributed by atoms with Gasteiger partial charge in [-0.3, -0.25) is 86.3 Å². The molecule has 0 unspecified atom stereocenters. The number of H-pyrrole nitrogens is 1. The number of carbonyl (C=O) groups is 18. The largest absolute Gasteiger partial charge is 0.481 e. The van der Waals surface area contributed by atoms with Gasteiger partial charge in [-0.15, -0.1) is 0 Å². The third-order valence-electron chi connectivity index (χ3n) is 25.0. The van der Waals surface area contributed by atoms with Gasteiger partial charge in [0.1, 0.15) is 79.0 Å². The zero-order valence-electron chi connectivity index (χ0n) is 76.1. The number of unbranched alkanes of at least 4 members (excludes halogenated alkanes) is 2. The highest BCUT2D eigenvalue weighted by Gasteiger charge is 2.47. The minimum atomic E-state index is -1.81. The number of hydrogen-bond acceptors (Lipinski definition) is 21. The molecule has 41 heteroatoms. The fourth-order valence-electron chi connectivity index (χ4n) is 18.0. The standard InChI is InChI=1S/C92H128ClN19O21/c1-7-9-23-70-85(126)103-64(39-51(3)4)83(124)100-61(80(97)121)22-17-28-77(116)99-65(40-52-29-31-56(93)32-30-52)90(131)110-37-16-15-26-71(110)86(127)105-67(45-76(96)115)91(132)111-38-18-27-72(111)87(128)106-68(46-95)84(125)102-63(33-34-78(117)118)89(130)112-49-57(113)44-74(112)75(114)43-53(41-54-47-98-60-21-13-11-19-58(54)60)81(122)101-62(35-36-94)82(123)104-66(88(129)108(6)73(24-10-8-2)92(133)107(70)5)42-55-48-109(50-79(119)120)69-25-14-12-20-59(55)69/h11-14,19-21,25,29-32,47-48,51,53,57,61-68,70-74,98,113H,7-10,15-18,22-24,26-28,33-46,49-50,94-95H2,1-6H3,(H2,96,115)(H2,97,121)(H,99,116)(H,100,124)(H,101,122)(H,102,125)(H,103,126)(H,104,123)(H,105,127)(H,106,128)(H,117,118)(H,119,120)/t53-,57-,61+,62+,63+,64+,65+,66+,67+,68+,70+,71+,72+,73+,74+/m1/s1. The van der Waals surface area contributed by atoms with Crippen LogP contribution in [0.25, 0.3) is 21.8 Å². The average Bonchev–Trinajstić information content (AvgIpc) is 1.65. The van der Waals surface area contributed by atoms with Crippen LogP contribution >= 0.6 is 11.6 Å². The lowest BCUT2D eigenvalue weighted by Gasteiger charge is -2.38. The fourth-order valence-corrected chi connectivity index (χ4v) is 18.1. The van der Waals surface area contributed by atoms with Crippen molar-refractivity contribution in [2.24, 2.45) is 34.8 Å². The van der Waals surface area contributed by atoms with Crippen LogP contribution in [0.2, 0.25) is 5.02 Å². The predicted molar refractivity (Wildman–Crippen MR) is 487 cm³/mol. The summed E-state index contributed by atoms with van der Waals surface area (Å²) in [4.78, 5) is 271. The number of primary amides is 2. The molecule has 5 aromatic rings. The molecule has 0 spiro atoms. The molecule has 0 bridgehead atoms. The van der Waals surface area contributed by atoms with E-state index in [0.29, 0.717) is 82.0 Å². The van der Waals surface area contributed by atoms with Crippen LogP contribution < -0.4 is 65.5 Å². The van der Waals surface area contributed by atoms with E-state index >= 15 is 38.4 Å². The number of aliphatic hydroxyl groups is 1. The summed E-state index contributed by atoms with van der Waals surface area (Å²) >= 11 is 6.27. The number of aliphatic hydroxyl groups excluding tert-OH is 1. The number of nitrogens with two attached hydrogens (primary N) is 4. The summed E-state index contributed by atoms with van der Waals surface area (Å²) in [6.45, 7) is 5.09. The first-order valence-electron chi connectivity index (χ1n) is 45.7. The van der Waals surface area contributed by atoms with Gasteiger partial charge in [0, 0.05) is 124 Å². The number of aliphatic carboxylic acids is 2. The molecule has 0 aliphatic carbocycles. The number of aromatic nitrogens is 2. The van der Waals surface area contributed by atoms with Crippen molar-refractivity contribution in [3.8, 4) is 0 Å². The Morgan fingerprint density at radius 1 is 0.526 bits per heavy atom. The summed E-state index contributed by atoms with van der Waals surface area (Å²) in [6.07, 6.45) is -0.725. The predicted octanol–water partition coefficient (Wildman–Crippen LogP) is 0.474. The maximum Gasteiger partial charge on any atom is 0.323 e. The molecule has 15 atom stereocenters. The molecule has 2 aromatic heterocycles. The molecule has 9 rings (SSSR count). The van der Waals surface area contributed by atoms with E-state index in [-0.39, 0.29) is 109 Å². The first-order valence-corrected chi connectivity index (χ1v) is 46.1. The van der Waals surface area contributed by atoms with E-state index in [9.17, 15) is 63.3 Å². The van der Waals surface area contributed by atoms with E-state index < -0.39 is 249 Å². The Bertz CT molecular complexity index is 5040. The van der Waals surface area contributed by atoms with Crippen LogP contribution in [0.3, 0.4) is 0 Å². The number of amides is 15. The number of para-hydroxylation sites is 2. The van der Waals surface area contributed by atoms with Gasteiger partial charge in [-0.2, -0.15) is 0 Å². The van der Waals surface area contributed by atoms with E-state index in [4.69, 9.17) is 34.5 Å². The highest BCUT2D eigenvalue weighted by Crippen LogP contribution is 2.31. The normalized spacial score (nSPS) is 25.6. The van der Waals surface area contributed by atoms with Gasteiger partial charge in [0.25, 0.3) is 0 Å². The number of carboxylic acid groups (broad SMARTS) is 2. The number of benzene rings is 3. The first kappa shape index (κ1) is 104. The Labute approximate surface area is 775 Å². The highest BCUT2D eigenvalue weighted by atomic mass is 35.5. The zero-order valence-corrected chi connectivity index (χ0v) is 76.9. The summed E-state index contributed by atoms with van der Waals surface area (Å²) in [5, 5.41) is 54.5. The van der Waals surface area contributed by atoms with Crippen LogP contribution in [0.4, 0.5) is 0 Å². The van der Waals surface area contributed by atoms with Crippen molar-refractivity contribution in [1.82, 2.24) is 76.6 Å². The van der Waals surface area contributed by atoms with Gasteiger partial charge >= 0.3 is 11.9 Å². The van der Waals surface area contributed by atoms with Crippen LogP contribution in [-0.2, 0) is 112 Å². The minimum absolute atomic E-state index is 0.00310. The molecule has 6 heterocycles. The summed E-state index contributed by atoms with van der Waals surface area (Å²) < 4.78 is 1.44. The Kier molecular flexibility index (Phi) is 38.7. The van der Waals surface area contributed by atoms with Crippen molar-refractivity contribution in [3.05, 3.63) is 107 Å². The Balaban J connectivity index is 1.10. The number of hydrogen-bond donors (Lipinski definition) is 16. The smallest absolute Gasteiger partial charge is 0.323 e. The van der Waals surface area contributed by atoms with E-state index in [1.807, 2.05) is 13.8 Å². The van der Waals surface area contributed by atoms with Crippen LogP contribution in [0.5, 0.6) is 0 Å². The molecular weight excluding hydrogens is 1740 g/mol. The lowest BCUT2D eigenvalue weighted by Crippen LogP contribution is -2.62. The number of fused-ring (bicyclic) bond motifs is 5. The lowest BCUT2D eigenvalue weighted by molar-refractivity contribution is -0.149. The molecule has 133 heavy (non-hydrogen) atoms. The van der Waals surface area contributed by atoms with Gasteiger partial charge in [0.2, 0.25) is 88.6 Å². The number of Topliss-reactive ketones (excluding diaryl/α,β-unsaturated/α-hetero) is 1. The van der Waals surface area contributed by atoms with Crippen molar-refractivity contribution in [2.45, 2.75) is 273 Å². The van der Waals surface area contributed by atoms with Crippen molar-refractivity contribution < 1.29 is 102 Å². The molecule has 4 aliphatic rings. The number of carboxylic acids is 2. The van der Waals surface area contributed by atoms with E-state index in [1.165, 1.54) is 34.7 Å². The molecule has 4 saturated heterocycles. The summed E-state index contributed by atoms with van der Waals surface area (Å²) in [7, 11) is 2.72. The SMILES string of the molecule is CCCC[C@H]1C(=O)N(C)[C@@H](CCCC)C(=O)N[C@@H](CC(C)C)C(=O)N[C@H](C(N)=O)CCCC(=O)N[C@@H](Cc2ccc(Cl)cc2)C(=O)N2CCCC[C@H]2C(=O)N[C@@H](CC(N)=O)C(=O)N2CCC[C@H]2C(=O)N[C@@H](CN)C(=O)N[C@@H](CCC(=O)O)C(=O)N2C[C@H](O)C[C@H]2C(=O)C[C@@H](Cc2c[nH]c3ccccc23)C(=O)N[C@@H](CCN)C(=O)N[C@@H](Cc2cn(CC(=O)O)c3ccccc23)C(=O)N1C. The number of carbonyl (C=O) groups excluding carboxylic acids is 16. The van der Waals surface area contributed by atoms with Gasteiger partial charge in [-0.1, -0.05) is 114 Å². The Morgan fingerprint density at radius 2 is 1.10 bits per heavy atom. The third kappa shape index (κ3) is 28.3. The molecule has 20 N–H and O–H groups in total. The van der Waals surface area contributed by atoms with Crippen molar-refractivity contribution in [3.63, 3.8) is 0 Å². The van der Waals surface area contributed by atoms with E-state index in [2.05, 4.69) is 47.5 Å². The van der Waals surface area contributed by atoms with Crippen molar-refractivity contribution in [2.75, 3.05) is 46.8 Å². The van der Waals surface area contributed by atoms with Gasteiger partial charge in [0.05, 0.1) is 18.6 Å². The number of nitrogens with one attached hydrogen (secondary N) is 9. The number of piperidine rings is 1. The molecule has 3 aromatic carbocycles. The van der Waals surface area contributed by atoms with E-state index in [1.54, 1.807) is 92.8 Å². The Hall–Kier alpha value is -12.4. The number of aromatic amines is 1. The number of likely N-dealkylation sites (N-methyl/N-ethyl adjacent to an activating group) is 2. The molecular formula is C92H128ClN19O21. The number of nitrogens with zero attached hydrogens (tertiary/aromatic N) is 6. The van der Waals surface area contributed by atoms with Crippen LogP contribution in [0, 0.1) is 11.8 Å². The number of halogens is 1. The van der Waals surface area contributed by atoms with Crippen LogP contribution in [0.15, 0.2) is 85.2 Å². The molecule has 15 amide bonds. The van der Waals surface area contributed by atoms with Crippen molar-refractivity contribution in [1.29, 1.82) is 0 Å². The Morgan fingerprint density at radius 3 is 1.74 bits per heavy atom. The topological polar surface area (TPSA) is 605 Å². The van der Waals surface area contributed by atoms with Crippen molar-refractivity contribution >= 4 is 140 Å². The molecule has 4 aliphatic heterocycles. The molecule has 0 radical (unpaired) electrons. The second-order valence-electron chi connectivity index (χ2n) is 35.4. The average molecular weight is 1870 g/mol. The van der Waals surface area contributed by atoms with Crippen LogP contribution in [-0.4, -0.2) is 287 Å². The monoisotopic (exact) mass is 1870 g/mol. The molecule has 4 fully saturated rings. The quantitative estimate of drug-likeness (QED) is 0.0378. The maximum absolute atomic E-state index is 15.9. The highest BCUT2D eigenvalue weighted by molar-refractivity contribution is 6.30. The van der Waals surface area contributed by atoms with Gasteiger partial charge < -0.3 is 115 Å². The van der Waals surface area contributed by atoms with Gasteiger partial charge in [0.15, 0.2) is 5.78 Å². The van der Waals surface area contributed by atoms with E-state index in [0.717, 1.165) is 14.7 Å². The first-order chi connectivity index (χ1) is 63.3. The van der Waals surface area contributed by atoms with Gasteiger partial charge in [-0.05, 0) is 137 Å². The maximum atomic E-state index is 15.9. The second kappa shape index (κ2) is 49.3. The minimum Gasteiger partial charge on any atom is -0.481 e. The molecule has 0 saturated carbocycles. The number of rotatable bonds is 25. The molecule has 724 valence electrons. The van der Waals surface area contributed by atoms with Gasteiger partial charge in [-0.25, -0.2) is 0 Å². The summed E-state index contributed by atoms with van der Waals surface area (Å²) in [5.74, 6) is -18.9. The zero-order chi connectivity index (χ0) is 97.2. The molecule has 40 nitrogen and oxygen atoms in total. The summed E-state index contributed by atoms with van der Waals surface area (Å²) in [5.41, 5.74) is 26.6. The summed E-state index contributed by atoms with van der Waals surface area (Å²) in [6, 6.07) is 0.379. The third-order valence-corrected chi connectivity index (χ3v) is 25.3.